The molecule has 3 aromatic rings. The van der Waals surface area contributed by atoms with Crippen LogP contribution < -0.4 is 26.4 Å². The summed E-state index contributed by atoms with van der Waals surface area (Å²) in [5.41, 5.74) is 7.85. The van der Waals surface area contributed by atoms with Crippen LogP contribution in [0.4, 0.5) is 11.4 Å². The molecule has 0 unspecified atom stereocenters. The highest BCUT2D eigenvalue weighted by molar-refractivity contribution is 6.10. The second kappa shape index (κ2) is 12.3. The van der Waals surface area contributed by atoms with Crippen LogP contribution in [0.25, 0.3) is 0 Å². The summed E-state index contributed by atoms with van der Waals surface area (Å²) in [6, 6.07) is 19.5. The Kier molecular flexibility index (Phi) is 8.66. The predicted octanol–water partition coefficient (Wildman–Crippen LogP) is 2.98. The van der Waals surface area contributed by atoms with E-state index in [0.717, 1.165) is 5.56 Å². The number of hydrogen-bond acceptors (Lipinski definition) is 7. The van der Waals surface area contributed by atoms with Gasteiger partial charge < -0.3 is 21.1 Å². The maximum absolute atomic E-state index is 12.6. The third kappa shape index (κ3) is 6.99. The topological polar surface area (TPSA) is 143 Å². The average molecular weight is 472 g/mol. The first-order valence-corrected chi connectivity index (χ1v) is 10.5. The van der Waals surface area contributed by atoms with Gasteiger partial charge in [0.2, 0.25) is 5.88 Å². The number of ether oxygens (including phenoxy) is 1. The molecule has 0 atom stereocenters. The quantitative estimate of drug-likeness (QED) is 0.279. The van der Waals surface area contributed by atoms with Crippen LogP contribution in [0.1, 0.15) is 26.4 Å². The fourth-order valence-electron chi connectivity index (χ4n) is 2.96. The molecule has 2 amide bonds. The number of nitrogens with zero attached hydrogens (tertiary/aromatic N) is 3. The number of nitrogens with one attached hydrogen (secondary N) is 3. The van der Waals surface area contributed by atoms with Crippen molar-refractivity contribution >= 4 is 35.5 Å². The highest BCUT2D eigenvalue weighted by Gasteiger charge is 2.15. The summed E-state index contributed by atoms with van der Waals surface area (Å²) in [5, 5.41) is 7.97. The number of amides is 2. The minimum absolute atomic E-state index is 0.108. The fraction of sp³-hybridized carbons (Fsp3) is 0.0800. The molecule has 178 valence electrons. The molecule has 35 heavy (non-hydrogen) atoms. The molecular formula is C25H25N7O3. The van der Waals surface area contributed by atoms with Crippen LogP contribution in [0.15, 0.2) is 89.5 Å². The van der Waals surface area contributed by atoms with E-state index in [1.165, 1.54) is 12.5 Å². The number of rotatable bonds is 9. The fourth-order valence-corrected chi connectivity index (χ4v) is 2.96. The summed E-state index contributed by atoms with van der Waals surface area (Å²) in [4.78, 5) is 37.4. The zero-order valence-corrected chi connectivity index (χ0v) is 19.1. The third-order valence-corrected chi connectivity index (χ3v) is 4.60. The van der Waals surface area contributed by atoms with Crippen LogP contribution in [-0.2, 0) is 6.61 Å². The second-order valence-electron chi connectivity index (χ2n) is 6.97. The Morgan fingerprint density at radius 3 is 2.57 bits per heavy atom. The van der Waals surface area contributed by atoms with E-state index in [2.05, 4.69) is 37.5 Å². The number of nitrogens with two attached hydrogens (primary N) is 1. The highest BCUT2D eigenvalue weighted by atomic mass is 16.5. The van der Waals surface area contributed by atoms with Gasteiger partial charge in [0.1, 0.15) is 18.0 Å². The molecule has 0 fully saturated rings. The molecule has 10 heteroatoms. The molecule has 5 N–H and O–H groups in total. The van der Waals surface area contributed by atoms with E-state index < -0.39 is 11.8 Å². The van der Waals surface area contributed by atoms with Crippen molar-refractivity contribution in [3.63, 3.8) is 0 Å². The Balaban J connectivity index is 1.71. The number of aromatic nitrogens is 1. The van der Waals surface area contributed by atoms with Crippen molar-refractivity contribution in [3.8, 4) is 5.88 Å². The van der Waals surface area contributed by atoms with E-state index in [4.69, 9.17) is 10.5 Å². The molecule has 0 aliphatic rings. The lowest BCUT2D eigenvalue weighted by Crippen LogP contribution is -2.36. The first kappa shape index (κ1) is 24.6. The highest BCUT2D eigenvalue weighted by Crippen LogP contribution is 2.28. The van der Waals surface area contributed by atoms with E-state index in [1.807, 2.05) is 30.3 Å². The van der Waals surface area contributed by atoms with Crippen LogP contribution >= 0.6 is 0 Å². The second-order valence-corrected chi connectivity index (χ2v) is 6.97. The Bertz CT molecular complexity index is 1260. The molecule has 0 saturated carbocycles. The van der Waals surface area contributed by atoms with Gasteiger partial charge in [-0.05, 0) is 23.8 Å². The average Bonchev–Trinajstić information content (AvgIpc) is 2.88. The van der Waals surface area contributed by atoms with Crippen LogP contribution in [0.2, 0.25) is 0 Å². The van der Waals surface area contributed by atoms with E-state index in [1.54, 1.807) is 43.4 Å². The van der Waals surface area contributed by atoms with E-state index >= 15 is 0 Å². The Labute approximate surface area is 202 Å². The summed E-state index contributed by atoms with van der Waals surface area (Å²) >= 11 is 0. The normalized spacial score (nSPS) is 11.1. The number of anilines is 1. The largest absolute Gasteiger partial charge is 0.473 e. The third-order valence-electron chi connectivity index (χ3n) is 4.60. The van der Waals surface area contributed by atoms with E-state index in [9.17, 15) is 9.59 Å². The molecule has 3 rings (SSSR count). The molecule has 0 radical (unpaired) electrons. The predicted molar refractivity (Wildman–Crippen MR) is 136 cm³/mol. The number of guanidine groups is 1. The van der Waals surface area contributed by atoms with E-state index in [-0.39, 0.29) is 17.2 Å². The summed E-state index contributed by atoms with van der Waals surface area (Å²) in [5.74, 6) is -0.803. The van der Waals surface area contributed by atoms with Gasteiger partial charge in [0.25, 0.3) is 11.8 Å². The zero-order valence-electron chi connectivity index (χ0n) is 19.1. The molecule has 0 bridgehead atoms. The van der Waals surface area contributed by atoms with Gasteiger partial charge in [-0.15, -0.1) is 0 Å². The first-order chi connectivity index (χ1) is 17.0. The molecule has 0 aliphatic heterocycles. The monoisotopic (exact) mass is 471 g/mol. The lowest BCUT2D eigenvalue weighted by atomic mass is 10.1. The number of carbonyl (C=O) groups is 2. The molecule has 10 nitrogen and oxygen atoms in total. The smallest absolute Gasteiger partial charge is 0.275 e. The summed E-state index contributed by atoms with van der Waals surface area (Å²) < 4.78 is 5.67. The summed E-state index contributed by atoms with van der Waals surface area (Å²) in [7, 11) is 1.69. The number of pyridine rings is 1. The summed E-state index contributed by atoms with van der Waals surface area (Å²) in [6.45, 7) is 3.76. The summed E-state index contributed by atoms with van der Waals surface area (Å²) in [6.07, 6.45) is 2.40. The minimum atomic E-state index is -0.520. The maximum atomic E-state index is 12.6. The number of aliphatic imine (C=N–C) groups is 2. The van der Waals surface area contributed by atoms with Crippen molar-refractivity contribution < 1.29 is 14.3 Å². The van der Waals surface area contributed by atoms with Crippen LogP contribution in [-0.4, -0.2) is 36.1 Å². The molecule has 0 spiro atoms. The van der Waals surface area contributed by atoms with Gasteiger partial charge in [-0.25, -0.2) is 15.0 Å². The van der Waals surface area contributed by atoms with Crippen LogP contribution in [0.3, 0.4) is 0 Å². The molecule has 1 heterocycles. The Hall–Kier alpha value is -4.99. The maximum Gasteiger partial charge on any atom is 0.275 e. The molecule has 0 saturated heterocycles. The zero-order chi connectivity index (χ0) is 25.0. The van der Waals surface area contributed by atoms with Gasteiger partial charge in [0.15, 0.2) is 5.96 Å². The standard InChI is InChI=1S/C25H25N7O3/c1-3-28-25(26)32-23(33)18-11-7-12-19(27-2)22(18)29-16-30-24(34)20-13-8-14-21(31-20)35-15-17-9-5-4-6-10-17/h3-14,16,27H,1,15H2,2H3,(H,29,30,34)(H3,26,28,32,33). The molecule has 2 aromatic carbocycles. The van der Waals surface area contributed by atoms with Gasteiger partial charge in [-0.3, -0.25) is 14.9 Å². The molecule has 1 aromatic heterocycles. The Morgan fingerprint density at radius 2 is 1.83 bits per heavy atom. The molecular weight excluding hydrogens is 446 g/mol. The molecule has 0 aliphatic carbocycles. The SMILES string of the molecule is C=CN=C(N)NC(=O)c1cccc(NC)c1N=CNC(=O)c1cccc(OCc2ccccc2)n1. The number of benzene rings is 2. The lowest BCUT2D eigenvalue weighted by Gasteiger charge is -2.11. The Morgan fingerprint density at radius 1 is 1.06 bits per heavy atom. The van der Waals surface area contributed by atoms with Crippen molar-refractivity contribution in [2.24, 2.45) is 15.7 Å². The van der Waals surface area contributed by atoms with Crippen molar-refractivity contribution in [1.82, 2.24) is 15.6 Å². The van der Waals surface area contributed by atoms with Crippen molar-refractivity contribution in [2.45, 2.75) is 6.61 Å². The van der Waals surface area contributed by atoms with Gasteiger partial charge >= 0.3 is 0 Å². The van der Waals surface area contributed by atoms with Gasteiger partial charge in [0.05, 0.1) is 17.6 Å². The van der Waals surface area contributed by atoms with Crippen molar-refractivity contribution in [1.29, 1.82) is 0 Å². The van der Waals surface area contributed by atoms with Gasteiger partial charge in [0, 0.05) is 19.3 Å². The first-order valence-electron chi connectivity index (χ1n) is 10.5. The lowest BCUT2D eigenvalue weighted by molar-refractivity contribution is 0.0967. The van der Waals surface area contributed by atoms with E-state index in [0.29, 0.717) is 23.9 Å². The van der Waals surface area contributed by atoms with Crippen molar-refractivity contribution in [2.75, 3.05) is 12.4 Å². The minimum Gasteiger partial charge on any atom is -0.473 e. The number of carbonyl (C=O) groups excluding carboxylic acids is 2. The van der Waals surface area contributed by atoms with Gasteiger partial charge in [-0.1, -0.05) is 49.0 Å². The van der Waals surface area contributed by atoms with Crippen molar-refractivity contribution in [3.05, 3.63) is 96.3 Å². The number of para-hydroxylation sites is 1. The van der Waals surface area contributed by atoms with Gasteiger partial charge in [-0.2, -0.15) is 0 Å². The van der Waals surface area contributed by atoms with Crippen LogP contribution in [0, 0.1) is 0 Å². The van der Waals surface area contributed by atoms with Crippen LogP contribution in [0.5, 0.6) is 5.88 Å². The number of hydrogen-bond donors (Lipinski definition) is 4.